The molecule has 0 aliphatic rings. The van der Waals surface area contributed by atoms with E-state index in [1.807, 2.05) is 0 Å². The fourth-order valence-corrected chi connectivity index (χ4v) is 2.91. The van der Waals surface area contributed by atoms with E-state index in [0.717, 1.165) is 6.26 Å². The highest BCUT2D eigenvalue weighted by atomic mass is 32.2. The summed E-state index contributed by atoms with van der Waals surface area (Å²) in [6.45, 7) is 5.74. The van der Waals surface area contributed by atoms with Crippen LogP contribution in [0.15, 0.2) is 55.1 Å². The summed E-state index contributed by atoms with van der Waals surface area (Å²) in [7, 11) is -1.88. The minimum Gasteiger partial charge on any atom is -0.489 e. The zero-order valence-corrected chi connectivity index (χ0v) is 15.8. The van der Waals surface area contributed by atoms with Crippen molar-refractivity contribution in [3.05, 3.63) is 66.2 Å². The number of nitrogens with zero attached hydrogens (tertiary/aromatic N) is 1. The van der Waals surface area contributed by atoms with Crippen molar-refractivity contribution >= 4 is 27.3 Å². The number of ether oxygens (including phenoxy) is 1. The molecule has 0 fully saturated rings. The fourth-order valence-electron chi connectivity index (χ4n) is 2.35. The van der Waals surface area contributed by atoms with Crippen LogP contribution in [0, 0.1) is 6.92 Å². The van der Waals surface area contributed by atoms with Crippen LogP contribution in [0.25, 0.3) is 0 Å². The number of aryl methyl sites for hydroxylation is 1. The number of carbonyl (C=O) groups is 1. The van der Waals surface area contributed by atoms with Crippen molar-refractivity contribution in [3.63, 3.8) is 0 Å². The molecule has 2 aromatic carbocycles. The van der Waals surface area contributed by atoms with Crippen molar-refractivity contribution < 1.29 is 17.9 Å². The number of carbonyl (C=O) groups excluding carboxylic acids is 1. The normalized spacial score (nSPS) is 10.9. The van der Waals surface area contributed by atoms with Crippen LogP contribution >= 0.6 is 0 Å². The highest BCUT2D eigenvalue weighted by molar-refractivity contribution is 7.92. The second-order valence-corrected chi connectivity index (χ2v) is 7.83. The Morgan fingerprint density at radius 1 is 1.27 bits per heavy atom. The molecule has 6 nitrogen and oxygen atoms in total. The Morgan fingerprint density at radius 2 is 2.00 bits per heavy atom. The Kier molecular flexibility index (Phi) is 6.05. The molecule has 2 aromatic rings. The van der Waals surface area contributed by atoms with Gasteiger partial charge in [0.2, 0.25) is 10.0 Å². The number of amides is 1. The Bertz CT molecular complexity index is 923. The highest BCUT2D eigenvalue weighted by Crippen LogP contribution is 2.23. The third-order valence-electron chi connectivity index (χ3n) is 3.76. The van der Waals surface area contributed by atoms with Gasteiger partial charge < -0.3 is 10.1 Å². The first kappa shape index (κ1) is 19.5. The van der Waals surface area contributed by atoms with Crippen molar-refractivity contribution in [3.8, 4) is 5.75 Å². The van der Waals surface area contributed by atoms with Gasteiger partial charge in [0, 0.05) is 24.4 Å². The Balaban J connectivity index is 2.18. The van der Waals surface area contributed by atoms with Crippen LogP contribution in [-0.2, 0) is 10.0 Å². The van der Waals surface area contributed by atoms with E-state index in [2.05, 4.69) is 11.9 Å². The third kappa shape index (κ3) is 4.86. The number of hydrogen-bond donors (Lipinski definition) is 1. The van der Waals surface area contributed by atoms with Gasteiger partial charge >= 0.3 is 0 Å². The molecule has 138 valence electrons. The highest BCUT2D eigenvalue weighted by Gasteiger charge is 2.16. The van der Waals surface area contributed by atoms with Gasteiger partial charge in [0.1, 0.15) is 12.4 Å². The van der Waals surface area contributed by atoms with Crippen molar-refractivity contribution in [2.75, 3.05) is 29.5 Å². The maximum atomic E-state index is 12.5. The van der Waals surface area contributed by atoms with Gasteiger partial charge in [-0.05, 0) is 42.8 Å². The molecule has 26 heavy (non-hydrogen) atoms. The predicted octanol–water partition coefficient (Wildman–Crippen LogP) is 3.21. The first-order valence-electron chi connectivity index (χ1n) is 7.92. The minimum absolute atomic E-state index is 0.289. The molecule has 0 heterocycles. The number of anilines is 2. The van der Waals surface area contributed by atoms with E-state index < -0.39 is 10.0 Å². The van der Waals surface area contributed by atoms with Crippen LogP contribution < -0.4 is 14.4 Å². The Hall–Kier alpha value is -2.80. The zero-order chi connectivity index (χ0) is 19.3. The second kappa shape index (κ2) is 8.05. The molecule has 1 amide bonds. The van der Waals surface area contributed by atoms with E-state index in [9.17, 15) is 13.2 Å². The van der Waals surface area contributed by atoms with Crippen molar-refractivity contribution in [2.24, 2.45) is 0 Å². The van der Waals surface area contributed by atoms with Crippen LogP contribution in [0.2, 0.25) is 0 Å². The molecule has 7 heteroatoms. The molecule has 0 saturated carbocycles. The summed E-state index contributed by atoms with van der Waals surface area (Å²) < 4.78 is 30.0. The summed E-state index contributed by atoms with van der Waals surface area (Å²) in [5, 5.41) is 2.80. The van der Waals surface area contributed by atoms with Gasteiger partial charge in [-0.1, -0.05) is 18.7 Å². The summed E-state index contributed by atoms with van der Waals surface area (Å²) in [4.78, 5) is 12.5. The maximum absolute atomic E-state index is 12.5. The Morgan fingerprint density at radius 3 is 2.62 bits per heavy atom. The van der Waals surface area contributed by atoms with E-state index >= 15 is 0 Å². The first-order valence-corrected chi connectivity index (χ1v) is 9.77. The SMILES string of the molecule is C=CCOc1cccc(NC(=O)c2ccc(N(C)S(C)(=O)=O)c(C)c2)c1. The molecule has 0 aliphatic heterocycles. The van der Waals surface area contributed by atoms with E-state index in [1.165, 1.54) is 11.4 Å². The van der Waals surface area contributed by atoms with Gasteiger partial charge in [-0.15, -0.1) is 0 Å². The standard InChI is InChI=1S/C19H22N2O4S/c1-5-11-25-17-8-6-7-16(13-17)20-19(22)15-9-10-18(14(2)12-15)21(3)26(4,23)24/h5-10,12-13H,1,11H2,2-4H3,(H,20,22). The second-order valence-electron chi connectivity index (χ2n) is 5.81. The van der Waals surface area contributed by atoms with Crippen LogP contribution in [0.5, 0.6) is 5.75 Å². The predicted molar refractivity (Wildman–Crippen MR) is 105 cm³/mol. The van der Waals surface area contributed by atoms with E-state index in [0.29, 0.717) is 34.9 Å². The van der Waals surface area contributed by atoms with Gasteiger partial charge in [-0.25, -0.2) is 8.42 Å². The quantitative estimate of drug-likeness (QED) is 0.755. The molecule has 0 atom stereocenters. The van der Waals surface area contributed by atoms with Gasteiger partial charge in [-0.2, -0.15) is 0 Å². The average molecular weight is 374 g/mol. The molecule has 0 aliphatic carbocycles. The summed E-state index contributed by atoms with van der Waals surface area (Å²) in [6, 6.07) is 11.9. The molecule has 0 saturated heterocycles. The topological polar surface area (TPSA) is 75.7 Å². The van der Waals surface area contributed by atoms with E-state index in [1.54, 1.807) is 55.5 Å². The summed E-state index contributed by atoms with van der Waals surface area (Å²) >= 11 is 0. The molecule has 1 N–H and O–H groups in total. The average Bonchev–Trinajstić information content (AvgIpc) is 2.58. The molecule has 2 rings (SSSR count). The molecule has 0 bridgehead atoms. The Labute approximate surface area is 154 Å². The van der Waals surface area contributed by atoms with Crippen LogP contribution in [0.4, 0.5) is 11.4 Å². The van der Waals surface area contributed by atoms with Crippen LogP contribution in [-0.4, -0.2) is 34.2 Å². The maximum Gasteiger partial charge on any atom is 0.255 e. The molecule has 0 unspecified atom stereocenters. The summed E-state index contributed by atoms with van der Waals surface area (Å²) in [6.07, 6.45) is 2.78. The van der Waals surface area contributed by atoms with Gasteiger partial charge in [-0.3, -0.25) is 9.10 Å². The van der Waals surface area contributed by atoms with E-state index in [4.69, 9.17) is 4.74 Å². The van der Waals surface area contributed by atoms with Gasteiger partial charge in [0.05, 0.1) is 11.9 Å². The molecular weight excluding hydrogens is 352 g/mol. The lowest BCUT2D eigenvalue weighted by atomic mass is 10.1. The number of sulfonamides is 1. The zero-order valence-electron chi connectivity index (χ0n) is 15.0. The minimum atomic E-state index is -3.36. The van der Waals surface area contributed by atoms with Crippen molar-refractivity contribution in [1.29, 1.82) is 0 Å². The van der Waals surface area contributed by atoms with Crippen molar-refractivity contribution in [2.45, 2.75) is 6.92 Å². The van der Waals surface area contributed by atoms with Crippen molar-refractivity contribution in [1.82, 2.24) is 0 Å². The molecule has 0 aromatic heterocycles. The summed E-state index contributed by atoms with van der Waals surface area (Å²) in [5.74, 6) is 0.339. The smallest absolute Gasteiger partial charge is 0.255 e. The van der Waals surface area contributed by atoms with Gasteiger partial charge in [0.15, 0.2) is 0 Å². The van der Waals surface area contributed by atoms with Gasteiger partial charge in [0.25, 0.3) is 5.91 Å². The number of rotatable bonds is 7. The lowest BCUT2D eigenvalue weighted by Crippen LogP contribution is -2.25. The van der Waals surface area contributed by atoms with Crippen LogP contribution in [0.3, 0.4) is 0 Å². The fraction of sp³-hybridized carbons (Fsp3) is 0.211. The largest absolute Gasteiger partial charge is 0.489 e. The first-order chi connectivity index (χ1) is 12.2. The number of hydrogen-bond acceptors (Lipinski definition) is 4. The number of nitrogens with one attached hydrogen (secondary N) is 1. The summed E-state index contributed by atoms with van der Waals surface area (Å²) in [5.41, 5.74) is 2.26. The van der Waals surface area contributed by atoms with E-state index in [-0.39, 0.29) is 5.91 Å². The molecule has 0 spiro atoms. The van der Waals surface area contributed by atoms with Crippen LogP contribution in [0.1, 0.15) is 15.9 Å². The molecular formula is C19H22N2O4S. The third-order valence-corrected chi connectivity index (χ3v) is 4.95. The monoisotopic (exact) mass is 374 g/mol. The molecule has 0 radical (unpaired) electrons. The number of benzene rings is 2. The lowest BCUT2D eigenvalue weighted by Gasteiger charge is -2.19. The lowest BCUT2D eigenvalue weighted by molar-refractivity contribution is 0.102.